The van der Waals surface area contributed by atoms with Crippen molar-refractivity contribution < 1.29 is 14.3 Å². The second kappa shape index (κ2) is 6.06. The summed E-state index contributed by atoms with van der Waals surface area (Å²) >= 11 is 0. The summed E-state index contributed by atoms with van der Waals surface area (Å²) in [5.41, 5.74) is 7.81. The number of aryl methyl sites for hydroxylation is 1. The number of benzene rings is 1. The lowest BCUT2D eigenvalue weighted by Gasteiger charge is -2.11. The minimum atomic E-state index is -0.503. The number of carbonyl (C=O) groups excluding carboxylic acids is 1. The SMILES string of the molecule is CCc1ccc(Oc2ncccc2C(=O)OC)c(N)c1. The minimum Gasteiger partial charge on any atom is -0.465 e. The zero-order valence-electron chi connectivity index (χ0n) is 11.4. The van der Waals surface area contributed by atoms with E-state index in [-0.39, 0.29) is 11.4 Å². The van der Waals surface area contributed by atoms with Crippen LogP contribution in [0.5, 0.6) is 11.6 Å². The van der Waals surface area contributed by atoms with E-state index in [0.717, 1.165) is 12.0 Å². The van der Waals surface area contributed by atoms with Crippen LogP contribution in [0.3, 0.4) is 0 Å². The quantitative estimate of drug-likeness (QED) is 0.684. The van der Waals surface area contributed by atoms with Gasteiger partial charge in [0.05, 0.1) is 12.8 Å². The molecule has 2 rings (SSSR count). The van der Waals surface area contributed by atoms with Gasteiger partial charge in [0.1, 0.15) is 5.56 Å². The molecule has 0 bridgehead atoms. The number of pyridine rings is 1. The van der Waals surface area contributed by atoms with Gasteiger partial charge in [-0.15, -0.1) is 0 Å². The molecule has 20 heavy (non-hydrogen) atoms. The first kappa shape index (κ1) is 13.9. The lowest BCUT2D eigenvalue weighted by Crippen LogP contribution is -2.05. The Labute approximate surface area is 117 Å². The number of nitrogens with zero attached hydrogens (tertiary/aromatic N) is 1. The van der Waals surface area contributed by atoms with Crippen molar-refractivity contribution in [3.8, 4) is 11.6 Å². The molecule has 0 radical (unpaired) electrons. The van der Waals surface area contributed by atoms with Crippen molar-refractivity contribution >= 4 is 11.7 Å². The highest BCUT2D eigenvalue weighted by Gasteiger charge is 2.15. The van der Waals surface area contributed by atoms with E-state index in [1.807, 2.05) is 19.1 Å². The van der Waals surface area contributed by atoms with Gasteiger partial charge in [0.25, 0.3) is 0 Å². The number of anilines is 1. The predicted molar refractivity (Wildman–Crippen MR) is 75.9 cm³/mol. The largest absolute Gasteiger partial charge is 0.465 e. The molecule has 0 aliphatic carbocycles. The molecule has 0 spiro atoms. The molecule has 2 N–H and O–H groups in total. The fourth-order valence-electron chi connectivity index (χ4n) is 1.75. The maximum Gasteiger partial charge on any atom is 0.343 e. The first-order valence-corrected chi connectivity index (χ1v) is 6.25. The van der Waals surface area contributed by atoms with E-state index >= 15 is 0 Å². The third-order valence-corrected chi connectivity index (χ3v) is 2.87. The standard InChI is InChI=1S/C15H16N2O3/c1-3-10-6-7-13(12(16)9-10)20-14-11(15(18)19-2)5-4-8-17-14/h4-9H,3,16H2,1-2H3. The highest BCUT2D eigenvalue weighted by molar-refractivity contribution is 5.91. The monoisotopic (exact) mass is 272 g/mol. The fraction of sp³-hybridized carbons (Fsp3) is 0.200. The summed E-state index contributed by atoms with van der Waals surface area (Å²) < 4.78 is 10.3. The van der Waals surface area contributed by atoms with Crippen LogP contribution in [0.1, 0.15) is 22.8 Å². The van der Waals surface area contributed by atoms with Gasteiger partial charge in [0.15, 0.2) is 5.75 Å². The van der Waals surface area contributed by atoms with Crippen molar-refractivity contribution in [2.75, 3.05) is 12.8 Å². The van der Waals surface area contributed by atoms with Gasteiger partial charge in [-0.3, -0.25) is 0 Å². The van der Waals surface area contributed by atoms with Crippen molar-refractivity contribution in [3.63, 3.8) is 0 Å². The molecule has 1 aromatic carbocycles. The molecule has 5 nitrogen and oxygen atoms in total. The summed E-state index contributed by atoms with van der Waals surface area (Å²) in [7, 11) is 1.31. The van der Waals surface area contributed by atoms with E-state index < -0.39 is 5.97 Å². The lowest BCUT2D eigenvalue weighted by atomic mass is 10.1. The molecule has 2 aromatic rings. The van der Waals surface area contributed by atoms with Gasteiger partial charge < -0.3 is 15.2 Å². The smallest absolute Gasteiger partial charge is 0.343 e. The molecule has 0 saturated heterocycles. The number of carbonyl (C=O) groups is 1. The highest BCUT2D eigenvalue weighted by atomic mass is 16.5. The van der Waals surface area contributed by atoms with E-state index in [1.54, 1.807) is 24.4 Å². The molecule has 1 aromatic heterocycles. The van der Waals surface area contributed by atoms with Crippen LogP contribution < -0.4 is 10.5 Å². The Bertz CT molecular complexity index is 626. The van der Waals surface area contributed by atoms with Crippen molar-refractivity contribution in [1.29, 1.82) is 0 Å². The third-order valence-electron chi connectivity index (χ3n) is 2.87. The lowest BCUT2D eigenvalue weighted by molar-refractivity contribution is 0.0597. The summed E-state index contributed by atoms with van der Waals surface area (Å²) in [4.78, 5) is 15.7. The van der Waals surface area contributed by atoms with E-state index in [2.05, 4.69) is 4.98 Å². The number of hydrogen-bond donors (Lipinski definition) is 1. The average molecular weight is 272 g/mol. The van der Waals surface area contributed by atoms with Crippen LogP contribution in [0.4, 0.5) is 5.69 Å². The second-order valence-electron chi connectivity index (χ2n) is 4.18. The van der Waals surface area contributed by atoms with Crippen LogP contribution in [-0.2, 0) is 11.2 Å². The summed E-state index contributed by atoms with van der Waals surface area (Å²) in [6, 6.07) is 8.76. The summed E-state index contributed by atoms with van der Waals surface area (Å²) in [6.07, 6.45) is 2.43. The molecule has 0 atom stereocenters. The normalized spacial score (nSPS) is 10.1. The molecule has 1 heterocycles. The Morgan fingerprint density at radius 2 is 2.15 bits per heavy atom. The van der Waals surface area contributed by atoms with Gasteiger partial charge in [-0.2, -0.15) is 0 Å². The van der Waals surface area contributed by atoms with Gasteiger partial charge in [-0.25, -0.2) is 9.78 Å². The zero-order chi connectivity index (χ0) is 14.5. The Hall–Kier alpha value is -2.56. The number of methoxy groups -OCH3 is 1. The zero-order valence-corrected chi connectivity index (χ0v) is 11.4. The van der Waals surface area contributed by atoms with E-state index in [1.165, 1.54) is 7.11 Å². The van der Waals surface area contributed by atoms with Gasteiger partial charge in [0.2, 0.25) is 5.88 Å². The van der Waals surface area contributed by atoms with Gasteiger partial charge >= 0.3 is 5.97 Å². The molecular formula is C15H16N2O3. The minimum absolute atomic E-state index is 0.176. The van der Waals surface area contributed by atoms with Crippen molar-refractivity contribution in [3.05, 3.63) is 47.7 Å². The molecule has 0 amide bonds. The Balaban J connectivity index is 2.33. The number of esters is 1. The Morgan fingerprint density at radius 1 is 1.35 bits per heavy atom. The van der Waals surface area contributed by atoms with Gasteiger partial charge in [0, 0.05) is 6.20 Å². The predicted octanol–water partition coefficient (Wildman–Crippen LogP) is 2.81. The van der Waals surface area contributed by atoms with Gasteiger partial charge in [-0.1, -0.05) is 13.0 Å². The summed E-state index contributed by atoms with van der Waals surface area (Å²) in [5, 5.41) is 0. The van der Waals surface area contributed by atoms with Crippen molar-refractivity contribution in [2.24, 2.45) is 0 Å². The molecule has 0 unspecified atom stereocenters. The van der Waals surface area contributed by atoms with Crippen LogP contribution in [-0.4, -0.2) is 18.1 Å². The second-order valence-corrected chi connectivity index (χ2v) is 4.18. The van der Waals surface area contributed by atoms with E-state index in [0.29, 0.717) is 11.4 Å². The number of hydrogen-bond acceptors (Lipinski definition) is 5. The highest BCUT2D eigenvalue weighted by Crippen LogP contribution is 2.29. The van der Waals surface area contributed by atoms with Crippen molar-refractivity contribution in [2.45, 2.75) is 13.3 Å². The number of aromatic nitrogens is 1. The molecule has 0 aliphatic rings. The van der Waals surface area contributed by atoms with Crippen LogP contribution >= 0.6 is 0 Å². The molecule has 5 heteroatoms. The van der Waals surface area contributed by atoms with Crippen LogP contribution in [0.2, 0.25) is 0 Å². The van der Waals surface area contributed by atoms with Gasteiger partial charge in [-0.05, 0) is 36.2 Å². The summed E-state index contributed by atoms with van der Waals surface area (Å²) in [6.45, 7) is 2.05. The van der Waals surface area contributed by atoms with E-state index in [9.17, 15) is 4.79 Å². The maximum atomic E-state index is 11.6. The first-order chi connectivity index (χ1) is 9.65. The van der Waals surface area contributed by atoms with Crippen LogP contribution in [0.25, 0.3) is 0 Å². The van der Waals surface area contributed by atoms with Crippen LogP contribution in [0, 0.1) is 0 Å². The third kappa shape index (κ3) is 2.88. The molecule has 104 valence electrons. The Morgan fingerprint density at radius 3 is 2.80 bits per heavy atom. The Kier molecular flexibility index (Phi) is 4.20. The molecule has 0 fully saturated rings. The average Bonchev–Trinajstić information content (AvgIpc) is 2.49. The number of ether oxygens (including phenoxy) is 2. The molecular weight excluding hydrogens is 256 g/mol. The number of rotatable bonds is 4. The maximum absolute atomic E-state index is 11.6. The molecule has 0 saturated carbocycles. The van der Waals surface area contributed by atoms with Crippen LogP contribution in [0.15, 0.2) is 36.5 Å². The number of nitrogen functional groups attached to an aromatic ring is 1. The topological polar surface area (TPSA) is 74.4 Å². The number of nitrogens with two attached hydrogens (primary N) is 1. The fourth-order valence-corrected chi connectivity index (χ4v) is 1.75. The van der Waals surface area contributed by atoms with Crippen molar-refractivity contribution in [1.82, 2.24) is 4.98 Å². The summed E-state index contributed by atoms with van der Waals surface area (Å²) in [5.74, 6) is 0.137. The van der Waals surface area contributed by atoms with E-state index in [4.69, 9.17) is 15.2 Å². The first-order valence-electron chi connectivity index (χ1n) is 6.25. The molecule has 0 aliphatic heterocycles.